The molecular formula is C15H19ClFN. The number of hydrogen-bond acceptors (Lipinski definition) is 1. The Bertz CT molecular complexity index is 458. The van der Waals surface area contributed by atoms with Gasteiger partial charge >= 0.3 is 0 Å². The van der Waals surface area contributed by atoms with E-state index in [-0.39, 0.29) is 16.3 Å². The van der Waals surface area contributed by atoms with Crippen LogP contribution in [0.15, 0.2) is 18.2 Å². The average molecular weight is 268 g/mol. The lowest BCUT2D eigenvalue weighted by Crippen LogP contribution is -2.31. The van der Waals surface area contributed by atoms with E-state index < -0.39 is 0 Å². The third kappa shape index (κ3) is 2.06. The molecule has 2 aliphatic carbocycles. The van der Waals surface area contributed by atoms with Crippen LogP contribution < -0.4 is 5.32 Å². The fraction of sp³-hybridized carbons (Fsp3) is 0.600. The van der Waals surface area contributed by atoms with Crippen LogP contribution in [-0.2, 0) is 5.41 Å². The molecule has 0 aliphatic heterocycles. The zero-order chi connectivity index (χ0) is 12.8. The van der Waals surface area contributed by atoms with Crippen LogP contribution in [0.3, 0.4) is 0 Å². The van der Waals surface area contributed by atoms with Crippen LogP contribution in [0.4, 0.5) is 4.39 Å². The lowest BCUT2D eigenvalue weighted by atomic mass is 9.91. The van der Waals surface area contributed by atoms with Gasteiger partial charge in [-0.15, -0.1) is 0 Å². The average Bonchev–Trinajstić information content (AvgIpc) is 3.25. The highest BCUT2D eigenvalue weighted by atomic mass is 35.5. The lowest BCUT2D eigenvalue weighted by molar-refractivity contribution is 0.492. The van der Waals surface area contributed by atoms with Gasteiger partial charge in [-0.2, -0.15) is 0 Å². The molecule has 0 aromatic heterocycles. The highest BCUT2D eigenvalue weighted by Crippen LogP contribution is 2.56. The third-order valence-corrected chi connectivity index (χ3v) is 4.79. The fourth-order valence-corrected chi connectivity index (χ4v) is 3.23. The van der Waals surface area contributed by atoms with Gasteiger partial charge in [0.05, 0.1) is 5.02 Å². The summed E-state index contributed by atoms with van der Waals surface area (Å²) in [5.41, 5.74) is 0.807. The SMILES string of the molecule is CCC1CC1(CNC1CC1)c1cccc(Cl)c1F. The molecule has 2 saturated carbocycles. The zero-order valence-electron chi connectivity index (χ0n) is 10.7. The Hall–Kier alpha value is -0.600. The summed E-state index contributed by atoms with van der Waals surface area (Å²) in [4.78, 5) is 0. The van der Waals surface area contributed by atoms with Crippen LogP contribution in [-0.4, -0.2) is 12.6 Å². The summed E-state index contributed by atoms with van der Waals surface area (Å²) < 4.78 is 14.2. The summed E-state index contributed by atoms with van der Waals surface area (Å²) in [6.45, 7) is 3.08. The molecule has 0 heterocycles. The summed E-state index contributed by atoms with van der Waals surface area (Å²) >= 11 is 5.92. The van der Waals surface area contributed by atoms with E-state index in [0.29, 0.717) is 12.0 Å². The molecule has 0 radical (unpaired) electrons. The zero-order valence-corrected chi connectivity index (χ0v) is 11.4. The fourth-order valence-electron chi connectivity index (χ4n) is 3.06. The smallest absolute Gasteiger partial charge is 0.145 e. The van der Waals surface area contributed by atoms with Crippen molar-refractivity contribution in [3.05, 3.63) is 34.6 Å². The molecule has 1 N–H and O–H groups in total. The van der Waals surface area contributed by atoms with E-state index in [9.17, 15) is 4.39 Å². The van der Waals surface area contributed by atoms with Gasteiger partial charge in [0.1, 0.15) is 5.82 Å². The molecule has 1 aromatic rings. The quantitative estimate of drug-likeness (QED) is 0.853. The van der Waals surface area contributed by atoms with Crippen LogP contribution >= 0.6 is 11.6 Å². The molecule has 0 amide bonds. The first kappa shape index (κ1) is 12.4. The first-order valence-electron chi connectivity index (χ1n) is 6.85. The Labute approximate surface area is 113 Å². The first-order chi connectivity index (χ1) is 8.67. The number of nitrogens with one attached hydrogen (secondary N) is 1. The van der Waals surface area contributed by atoms with Crippen molar-refractivity contribution in [1.29, 1.82) is 0 Å². The molecule has 0 saturated heterocycles. The Kier molecular flexibility index (Phi) is 3.11. The maximum atomic E-state index is 14.2. The van der Waals surface area contributed by atoms with Gasteiger partial charge in [-0.25, -0.2) is 4.39 Å². The summed E-state index contributed by atoms with van der Waals surface area (Å²) in [5, 5.41) is 3.81. The van der Waals surface area contributed by atoms with Crippen LogP contribution in [0.25, 0.3) is 0 Å². The van der Waals surface area contributed by atoms with Crippen LogP contribution in [0, 0.1) is 11.7 Å². The molecule has 2 unspecified atom stereocenters. The maximum Gasteiger partial charge on any atom is 0.145 e. The Balaban J connectivity index is 1.86. The Morgan fingerprint density at radius 1 is 1.44 bits per heavy atom. The standard InChI is InChI=1S/C15H19ClFN/c1-2-10-8-15(10,9-18-11-6-7-11)12-4-3-5-13(16)14(12)17/h3-5,10-11,18H,2,6-9H2,1H3. The topological polar surface area (TPSA) is 12.0 Å². The number of rotatable bonds is 5. The first-order valence-corrected chi connectivity index (χ1v) is 7.23. The van der Waals surface area contributed by atoms with E-state index in [1.54, 1.807) is 6.07 Å². The largest absolute Gasteiger partial charge is 0.313 e. The molecule has 2 aliphatic rings. The van der Waals surface area contributed by atoms with E-state index >= 15 is 0 Å². The summed E-state index contributed by atoms with van der Waals surface area (Å²) in [6.07, 6.45) is 4.73. The second kappa shape index (κ2) is 4.50. The molecule has 0 spiro atoms. The van der Waals surface area contributed by atoms with Crippen molar-refractivity contribution in [2.24, 2.45) is 5.92 Å². The molecule has 1 aromatic carbocycles. The van der Waals surface area contributed by atoms with Crippen molar-refractivity contribution < 1.29 is 4.39 Å². The van der Waals surface area contributed by atoms with Crippen molar-refractivity contribution >= 4 is 11.6 Å². The normalized spacial score (nSPS) is 30.5. The highest BCUT2D eigenvalue weighted by molar-refractivity contribution is 6.30. The predicted octanol–water partition coefficient (Wildman–Crippen LogP) is 3.90. The maximum absolute atomic E-state index is 14.2. The van der Waals surface area contributed by atoms with Crippen molar-refractivity contribution in [1.82, 2.24) is 5.32 Å². The van der Waals surface area contributed by atoms with Gasteiger partial charge in [0.15, 0.2) is 0 Å². The third-order valence-electron chi connectivity index (χ3n) is 4.50. The van der Waals surface area contributed by atoms with Crippen LogP contribution in [0.5, 0.6) is 0 Å². The molecule has 3 heteroatoms. The van der Waals surface area contributed by atoms with Crippen LogP contribution in [0.1, 0.15) is 38.2 Å². The minimum atomic E-state index is -0.215. The molecule has 2 atom stereocenters. The van der Waals surface area contributed by atoms with E-state index in [0.717, 1.165) is 24.9 Å². The van der Waals surface area contributed by atoms with Crippen molar-refractivity contribution in [2.45, 2.75) is 44.1 Å². The Morgan fingerprint density at radius 3 is 2.83 bits per heavy atom. The van der Waals surface area contributed by atoms with E-state index in [1.165, 1.54) is 12.8 Å². The number of halogens is 2. The summed E-state index contributed by atoms with van der Waals surface area (Å²) in [7, 11) is 0. The molecule has 3 rings (SSSR count). The molecular weight excluding hydrogens is 249 g/mol. The van der Waals surface area contributed by atoms with Gasteiger partial charge in [0.2, 0.25) is 0 Å². The molecule has 2 fully saturated rings. The predicted molar refractivity (Wildman–Crippen MR) is 72.5 cm³/mol. The van der Waals surface area contributed by atoms with Gasteiger partial charge < -0.3 is 5.32 Å². The van der Waals surface area contributed by atoms with Gasteiger partial charge in [-0.05, 0) is 36.8 Å². The van der Waals surface area contributed by atoms with E-state index in [1.807, 2.05) is 12.1 Å². The molecule has 0 bridgehead atoms. The second-order valence-electron chi connectivity index (χ2n) is 5.72. The van der Waals surface area contributed by atoms with E-state index in [2.05, 4.69) is 12.2 Å². The van der Waals surface area contributed by atoms with Crippen molar-refractivity contribution in [2.75, 3.05) is 6.54 Å². The highest BCUT2D eigenvalue weighted by Gasteiger charge is 2.55. The molecule has 98 valence electrons. The summed E-state index contributed by atoms with van der Waals surface area (Å²) in [6, 6.07) is 6.07. The van der Waals surface area contributed by atoms with Gasteiger partial charge in [-0.3, -0.25) is 0 Å². The van der Waals surface area contributed by atoms with Gasteiger partial charge in [-0.1, -0.05) is 37.1 Å². The minimum absolute atomic E-state index is 0.00762. The second-order valence-corrected chi connectivity index (χ2v) is 6.13. The van der Waals surface area contributed by atoms with E-state index in [4.69, 9.17) is 11.6 Å². The number of hydrogen-bond donors (Lipinski definition) is 1. The summed E-state index contributed by atoms with van der Waals surface area (Å²) in [5.74, 6) is 0.379. The minimum Gasteiger partial charge on any atom is -0.313 e. The molecule has 1 nitrogen and oxygen atoms in total. The molecule has 18 heavy (non-hydrogen) atoms. The van der Waals surface area contributed by atoms with Crippen molar-refractivity contribution in [3.8, 4) is 0 Å². The van der Waals surface area contributed by atoms with Gasteiger partial charge in [0, 0.05) is 18.0 Å². The Morgan fingerprint density at radius 2 is 2.22 bits per heavy atom. The lowest BCUT2D eigenvalue weighted by Gasteiger charge is -2.20. The van der Waals surface area contributed by atoms with Gasteiger partial charge in [0.25, 0.3) is 0 Å². The number of benzene rings is 1. The van der Waals surface area contributed by atoms with Crippen LogP contribution in [0.2, 0.25) is 5.02 Å². The monoisotopic (exact) mass is 267 g/mol. The van der Waals surface area contributed by atoms with Crippen molar-refractivity contribution in [3.63, 3.8) is 0 Å².